The lowest BCUT2D eigenvalue weighted by molar-refractivity contribution is -0.137. The van der Waals surface area contributed by atoms with E-state index >= 15 is 0 Å². The number of ether oxygens (including phenoxy) is 1. The highest BCUT2D eigenvalue weighted by molar-refractivity contribution is 7.99. The maximum Gasteiger partial charge on any atom is 0.416 e. The first-order chi connectivity index (χ1) is 16.4. The van der Waals surface area contributed by atoms with Crippen molar-refractivity contribution < 1.29 is 22.7 Å². The number of rotatable bonds is 7. The Hall–Kier alpha value is -3.13. The number of halogens is 3. The molecule has 3 aromatic carbocycles. The van der Waals surface area contributed by atoms with Gasteiger partial charge in [0.25, 0.3) is 5.91 Å². The van der Waals surface area contributed by atoms with Crippen molar-refractivity contribution in [3.63, 3.8) is 0 Å². The second-order valence-electron chi connectivity index (χ2n) is 7.86. The number of carbonyl (C=O) groups is 1. The predicted molar refractivity (Wildman–Crippen MR) is 129 cm³/mol. The van der Waals surface area contributed by atoms with Gasteiger partial charge >= 0.3 is 6.18 Å². The summed E-state index contributed by atoms with van der Waals surface area (Å²) in [4.78, 5) is 17.7. The van der Waals surface area contributed by atoms with Crippen LogP contribution in [0.3, 0.4) is 0 Å². The molecule has 1 amide bonds. The molecule has 1 saturated heterocycles. The standard InChI is InChI=1S/C26H25F3N2O2S/c27-26(28,29)21-5-4-6-22(19-21)30-13-15-31(16-14-30)25(32)20-9-11-23(12-10-20)33-17-18-34-24-7-2-1-3-8-24/h1-12,19H,13-18H2. The molecular weight excluding hydrogens is 461 g/mol. The SMILES string of the molecule is O=C(c1ccc(OCCSc2ccccc2)cc1)N1CCN(c2cccc(C(F)(F)F)c2)CC1. The second kappa shape index (κ2) is 10.9. The average Bonchev–Trinajstić information content (AvgIpc) is 2.87. The van der Waals surface area contributed by atoms with Gasteiger partial charge in [0, 0.05) is 48.1 Å². The highest BCUT2D eigenvalue weighted by Gasteiger charge is 2.31. The molecule has 0 spiro atoms. The smallest absolute Gasteiger partial charge is 0.416 e. The monoisotopic (exact) mass is 486 g/mol. The third-order valence-electron chi connectivity index (χ3n) is 5.57. The van der Waals surface area contributed by atoms with Gasteiger partial charge in [-0.25, -0.2) is 0 Å². The third-order valence-corrected chi connectivity index (χ3v) is 6.55. The summed E-state index contributed by atoms with van der Waals surface area (Å²) < 4.78 is 44.8. The summed E-state index contributed by atoms with van der Waals surface area (Å²) >= 11 is 1.72. The summed E-state index contributed by atoms with van der Waals surface area (Å²) in [6, 6.07) is 22.5. The molecule has 0 bridgehead atoms. The van der Waals surface area contributed by atoms with E-state index in [0.29, 0.717) is 49.8 Å². The molecule has 4 rings (SSSR count). The fraction of sp³-hybridized carbons (Fsp3) is 0.269. The minimum Gasteiger partial charge on any atom is -0.493 e. The molecule has 0 N–H and O–H groups in total. The molecule has 178 valence electrons. The molecule has 0 saturated carbocycles. The number of anilines is 1. The van der Waals surface area contributed by atoms with E-state index in [9.17, 15) is 18.0 Å². The Kier molecular flexibility index (Phi) is 7.67. The van der Waals surface area contributed by atoms with Crippen LogP contribution < -0.4 is 9.64 Å². The molecule has 0 radical (unpaired) electrons. The Balaban J connectivity index is 1.25. The van der Waals surface area contributed by atoms with Gasteiger partial charge in [0.2, 0.25) is 0 Å². The Labute approximate surface area is 201 Å². The lowest BCUT2D eigenvalue weighted by atomic mass is 10.1. The zero-order valence-electron chi connectivity index (χ0n) is 18.5. The van der Waals surface area contributed by atoms with Crippen molar-refractivity contribution in [2.24, 2.45) is 0 Å². The van der Waals surface area contributed by atoms with Crippen LogP contribution in [0.5, 0.6) is 5.75 Å². The second-order valence-corrected chi connectivity index (χ2v) is 9.03. The molecule has 0 atom stereocenters. The van der Waals surface area contributed by atoms with Gasteiger partial charge in [-0.2, -0.15) is 13.2 Å². The van der Waals surface area contributed by atoms with E-state index < -0.39 is 11.7 Å². The lowest BCUT2D eigenvalue weighted by Crippen LogP contribution is -2.48. The Morgan fingerprint density at radius 1 is 0.882 bits per heavy atom. The quantitative estimate of drug-likeness (QED) is 0.310. The summed E-state index contributed by atoms with van der Waals surface area (Å²) in [5.41, 5.74) is 0.428. The molecule has 0 unspecified atom stereocenters. The number of alkyl halides is 3. The van der Waals surface area contributed by atoms with Crippen LogP contribution in [0.15, 0.2) is 83.8 Å². The Morgan fingerprint density at radius 2 is 1.59 bits per heavy atom. The van der Waals surface area contributed by atoms with Crippen molar-refractivity contribution >= 4 is 23.4 Å². The van der Waals surface area contributed by atoms with Gasteiger partial charge in [-0.1, -0.05) is 24.3 Å². The third kappa shape index (κ3) is 6.26. The van der Waals surface area contributed by atoms with E-state index in [1.807, 2.05) is 23.1 Å². The predicted octanol–water partition coefficient (Wildman–Crippen LogP) is 5.84. The topological polar surface area (TPSA) is 32.8 Å². The number of carbonyl (C=O) groups excluding carboxylic acids is 1. The van der Waals surface area contributed by atoms with Crippen molar-refractivity contribution in [2.75, 3.05) is 43.4 Å². The van der Waals surface area contributed by atoms with Crippen molar-refractivity contribution in [1.29, 1.82) is 0 Å². The maximum atomic E-state index is 13.0. The van der Waals surface area contributed by atoms with Crippen LogP contribution in [-0.2, 0) is 6.18 Å². The molecule has 1 fully saturated rings. The molecule has 3 aromatic rings. The van der Waals surface area contributed by atoms with Gasteiger partial charge in [-0.05, 0) is 54.6 Å². The van der Waals surface area contributed by atoms with E-state index in [-0.39, 0.29) is 5.91 Å². The maximum absolute atomic E-state index is 13.0. The first-order valence-electron chi connectivity index (χ1n) is 11.0. The molecule has 4 nitrogen and oxygen atoms in total. The van der Waals surface area contributed by atoms with Crippen molar-refractivity contribution in [3.05, 3.63) is 90.0 Å². The van der Waals surface area contributed by atoms with E-state index in [1.54, 1.807) is 47.0 Å². The largest absolute Gasteiger partial charge is 0.493 e. The van der Waals surface area contributed by atoms with Crippen LogP contribution in [0.4, 0.5) is 18.9 Å². The molecule has 8 heteroatoms. The van der Waals surface area contributed by atoms with Crippen LogP contribution >= 0.6 is 11.8 Å². The number of benzene rings is 3. The number of hydrogen-bond donors (Lipinski definition) is 0. The van der Waals surface area contributed by atoms with Crippen LogP contribution in [0.25, 0.3) is 0 Å². The van der Waals surface area contributed by atoms with E-state index in [1.165, 1.54) is 11.0 Å². The van der Waals surface area contributed by atoms with Gasteiger partial charge in [0.15, 0.2) is 0 Å². The van der Waals surface area contributed by atoms with Crippen molar-refractivity contribution in [2.45, 2.75) is 11.1 Å². The number of piperazine rings is 1. The van der Waals surface area contributed by atoms with Gasteiger partial charge in [0.05, 0.1) is 12.2 Å². The molecule has 0 aliphatic carbocycles. The minimum absolute atomic E-state index is 0.0881. The first kappa shape index (κ1) is 24.0. The molecule has 1 aliphatic rings. The van der Waals surface area contributed by atoms with Crippen LogP contribution in [0.1, 0.15) is 15.9 Å². The van der Waals surface area contributed by atoms with Gasteiger partial charge < -0.3 is 14.5 Å². The van der Waals surface area contributed by atoms with Crippen LogP contribution in [0, 0.1) is 0 Å². The number of thioether (sulfide) groups is 1. The zero-order chi connectivity index (χ0) is 24.0. The van der Waals surface area contributed by atoms with Gasteiger partial charge in [-0.3, -0.25) is 4.79 Å². The van der Waals surface area contributed by atoms with Gasteiger partial charge in [0.1, 0.15) is 5.75 Å². The Morgan fingerprint density at radius 3 is 2.26 bits per heavy atom. The summed E-state index contributed by atoms with van der Waals surface area (Å²) in [6.07, 6.45) is -4.37. The number of amides is 1. The van der Waals surface area contributed by atoms with Crippen molar-refractivity contribution in [1.82, 2.24) is 4.90 Å². The van der Waals surface area contributed by atoms with Crippen LogP contribution in [0.2, 0.25) is 0 Å². The molecule has 0 aromatic heterocycles. The van der Waals surface area contributed by atoms with Gasteiger partial charge in [-0.15, -0.1) is 11.8 Å². The highest BCUT2D eigenvalue weighted by atomic mass is 32.2. The summed E-state index contributed by atoms with van der Waals surface area (Å²) in [7, 11) is 0. The van der Waals surface area contributed by atoms with Crippen LogP contribution in [-0.4, -0.2) is 49.3 Å². The fourth-order valence-corrected chi connectivity index (χ4v) is 4.51. The zero-order valence-corrected chi connectivity index (χ0v) is 19.3. The van der Waals surface area contributed by atoms with Crippen molar-refractivity contribution in [3.8, 4) is 5.75 Å². The molecule has 1 heterocycles. The Bertz CT molecular complexity index is 1080. The summed E-state index contributed by atoms with van der Waals surface area (Å²) in [6.45, 7) is 2.42. The molecule has 34 heavy (non-hydrogen) atoms. The molecular formula is C26H25F3N2O2S. The highest BCUT2D eigenvalue weighted by Crippen LogP contribution is 2.32. The van der Waals surface area contributed by atoms with E-state index in [0.717, 1.165) is 17.9 Å². The summed E-state index contributed by atoms with van der Waals surface area (Å²) in [5, 5.41) is 0. The normalized spacial score (nSPS) is 14.2. The summed E-state index contributed by atoms with van der Waals surface area (Å²) in [5.74, 6) is 1.44. The van der Waals surface area contributed by atoms with E-state index in [4.69, 9.17) is 4.74 Å². The first-order valence-corrected chi connectivity index (χ1v) is 12.0. The number of hydrogen-bond acceptors (Lipinski definition) is 4. The lowest BCUT2D eigenvalue weighted by Gasteiger charge is -2.36. The number of nitrogens with zero attached hydrogens (tertiary/aromatic N) is 2. The fourth-order valence-electron chi connectivity index (χ4n) is 3.76. The molecule has 1 aliphatic heterocycles. The average molecular weight is 487 g/mol. The van der Waals surface area contributed by atoms with E-state index in [2.05, 4.69) is 12.1 Å². The minimum atomic E-state index is -4.37.